The molecule has 8 N–H and O–H groups in total. The van der Waals surface area contributed by atoms with Crippen molar-refractivity contribution in [2.45, 2.75) is 0 Å². The van der Waals surface area contributed by atoms with E-state index in [-0.39, 0.29) is 73.2 Å². The molecule has 0 aliphatic rings. The molecule has 0 spiro atoms. The molecule has 2 amide bonds. The summed E-state index contributed by atoms with van der Waals surface area (Å²) in [5.41, 5.74) is 0. The first-order valence-corrected chi connectivity index (χ1v) is 4.98. The van der Waals surface area contributed by atoms with Gasteiger partial charge in [0, 0.05) is 42.1 Å². The van der Waals surface area contributed by atoms with Gasteiger partial charge in [0.15, 0.2) is 6.73 Å². The van der Waals surface area contributed by atoms with E-state index in [4.69, 9.17) is 20.7 Å². The Balaban J connectivity index is -0.0000000415. The van der Waals surface area contributed by atoms with Gasteiger partial charge in [-0.1, -0.05) is 0 Å². The van der Waals surface area contributed by atoms with Crippen molar-refractivity contribution in [3.05, 3.63) is 0 Å². The fourth-order valence-electron chi connectivity index (χ4n) is 0.357. The Bertz CT molecular complexity index is 522. The minimum Gasteiger partial charge on any atom is -0.465 e. The molecule has 0 bridgehead atoms. The van der Waals surface area contributed by atoms with Crippen LogP contribution >= 0.6 is 0 Å². The molecular formula is C9H14N6O10W2. The SMILES string of the molecule is N#COCN=C=O.N#COCNC(=O)O.O.O.O=C=NCNC(=O)O.[W].[W]. The number of carbonyl (C=O) groups excluding carboxylic acids is 2. The van der Waals surface area contributed by atoms with Gasteiger partial charge in [-0.3, -0.25) is 5.32 Å². The zero-order valence-corrected chi connectivity index (χ0v) is 18.9. The van der Waals surface area contributed by atoms with Crippen LogP contribution < -0.4 is 10.6 Å². The van der Waals surface area contributed by atoms with Crippen LogP contribution in [0, 0.1) is 23.0 Å². The van der Waals surface area contributed by atoms with Crippen molar-refractivity contribution in [3.8, 4) is 12.5 Å². The summed E-state index contributed by atoms with van der Waals surface area (Å²) in [6, 6.07) is 0. The number of carboxylic acid groups (broad SMARTS) is 2. The van der Waals surface area contributed by atoms with E-state index in [1.54, 1.807) is 0 Å². The fourth-order valence-corrected chi connectivity index (χ4v) is 0.357. The van der Waals surface area contributed by atoms with E-state index in [1.165, 1.54) is 24.7 Å². The van der Waals surface area contributed by atoms with Crippen molar-refractivity contribution < 1.29 is 91.9 Å². The number of carbonyl (C=O) groups is 2. The predicted molar refractivity (Wildman–Crippen MR) is 73.8 cm³/mol. The standard InChI is InChI=1S/2C3H4N2O3.C3H2N2O2.2H2O.2W/c4-1-8-2-5-3(6)7;6-2-4-1-5-3(7)8;4-1-7-3-5-2-6;;;;/h5H,2H2,(H,6,7);5H,1H2,(H,7,8);3H2;2*1H2;;. The summed E-state index contributed by atoms with van der Waals surface area (Å²) < 4.78 is 7.91. The number of rotatable bonds is 6. The summed E-state index contributed by atoms with van der Waals surface area (Å²) in [5, 5.41) is 34.6. The van der Waals surface area contributed by atoms with Crippen LogP contribution in [0.25, 0.3) is 0 Å². The molecule has 27 heavy (non-hydrogen) atoms. The molecule has 0 aliphatic heterocycles. The smallest absolute Gasteiger partial charge is 0.407 e. The minimum atomic E-state index is -1.21. The van der Waals surface area contributed by atoms with Gasteiger partial charge in [0.05, 0.1) is 0 Å². The van der Waals surface area contributed by atoms with Crippen LogP contribution in [0.4, 0.5) is 9.59 Å². The molecule has 0 fully saturated rings. The van der Waals surface area contributed by atoms with Crippen molar-refractivity contribution >= 4 is 24.3 Å². The van der Waals surface area contributed by atoms with E-state index in [1.807, 2.05) is 10.6 Å². The van der Waals surface area contributed by atoms with Crippen molar-refractivity contribution in [2.75, 3.05) is 20.1 Å². The molecule has 0 aliphatic carbocycles. The number of hydrogen-bond acceptors (Lipinski definition) is 10. The maximum Gasteiger partial charge on any atom is 0.407 e. The molecule has 16 nitrogen and oxygen atoms in total. The molecule has 0 unspecified atom stereocenters. The van der Waals surface area contributed by atoms with Gasteiger partial charge in [-0.25, -0.2) is 19.2 Å². The number of nitrogens with one attached hydrogen (secondary N) is 2. The average molecular weight is 734 g/mol. The molecule has 18 heteroatoms. The molecule has 0 saturated heterocycles. The van der Waals surface area contributed by atoms with Crippen molar-refractivity contribution in [2.24, 2.45) is 9.98 Å². The van der Waals surface area contributed by atoms with Crippen molar-refractivity contribution in [1.82, 2.24) is 10.6 Å². The Morgan fingerprint density at radius 3 is 1.67 bits per heavy atom. The largest absolute Gasteiger partial charge is 0.465 e. The first kappa shape index (κ1) is 44.0. The normalized spacial score (nSPS) is 5.56. The number of amides is 2. The van der Waals surface area contributed by atoms with Crippen LogP contribution in [-0.2, 0) is 61.2 Å². The Morgan fingerprint density at radius 2 is 1.33 bits per heavy atom. The predicted octanol–water partition coefficient (Wildman–Crippen LogP) is -2.62. The second-order valence-electron chi connectivity index (χ2n) is 2.37. The van der Waals surface area contributed by atoms with E-state index < -0.39 is 12.2 Å². The van der Waals surface area contributed by atoms with Gasteiger partial charge < -0.3 is 36.0 Å². The van der Waals surface area contributed by atoms with Crippen molar-refractivity contribution in [3.63, 3.8) is 0 Å². The van der Waals surface area contributed by atoms with E-state index in [0.717, 1.165) is 0 Å². The first-order chi connectivity index (χ1) is 11.0. The van der Waals surface area contributed by atoms with Crippen LogP contribution in [0.1, 0.15) is 0 Å². The van der Waals surface area contributed by atoms with Gasteiger partial charge in [-0.2, -0.15) is 20.5 Å². The zero-order valence-electron chi connectivity index (χ0n) is 13.1. The molecule has 0 aromatic carbocycles. The number of aliphatic imine (C=N–C) groups is 2. The first-order valence-electron chi connectivity index (χ1n) is 4.98. The number of hydrogen-bond donors (Lipinski definition) is 4. The summed E-state index contributed by atoms with van der Waals surface area (Å²) in [4.78, 5) is 43.4. The molecule has 152 valence electrons. The third-order valence-corrected chi connectivity index (χ3v) is 0.992. The van der Waals surface area contributed by atoms with E-state index in [9.17, 15) is 19.2 Å². The number of isocyanates is 2. The summed E-state index contributed by atoms with van der Waals surface area (Å²) in [7, 11) is 0. The Morgan fingerprint density at radius 1 is 0.889 bits per heavy atom. The van der Waals surface area contributed by atoms with Gasteiger partial charge >= 0.3 is 12.2 Å². The average Bonchev–Trinajstić information content (AvgIpc) is 2.49. The summed E-state index contributed by atoms with van der Waals surface area (Å²) in [6.07, 6.45) is 2.59. The van der Waals surface area contributed by atoms with E-state index in [0.29, 0.717) is 0 Å². The molecule has 0 saturated carbocycles. The number of ether oxygens (including phenoxy) is 2. The monoisotopic (exact) mass is 734 g/mol. The number of nitrogens with zero attached hydrogens (tertiary/aromatic N) is 4. The van der Waals surface area contributed by atoms with Crippen LogP contribution in [0.3, 0.4) is 0 Å². The van der Waals surface area contributed by atoms with Crippen LogP contribution in [0.15, 0.2) is 9.98 Å². The molecular weight excluding hydrogens is 720 g/mol. The quantitative estimate of drug-likeness (QED) is 0.0725. The van der Waals surface area contributed by atoms with Gasteiger partial charge in [0.1, 0.15) is 6.67 Å². The fraction of sp³-hybridized carbons (Fsp3) is 0.333. The second-order valence-corrected chi connectivity index (χ2v) is 2.37. The topological polar surface area (TPSA) is 287 Å². The van der Waals surface area contributed by atoms with Crippen LogP contribution in [-0.4, -0.2) is 65.6 Å². The summed E-state index contributed by atoms with van der Waals surface area (Å²) >= 11 is 0. The molecule has 0 radical (unpaired) electrons. The third-order valence-electron chi connectivity index (χ3n) is 0.992. The minimum absolute atomic E-state index is 0. The maximum atomic E-state index is 9.57. The van der Waals surface area contributed by atoms with E-state index >= 15 is 0 Å². The summed E-state index contributed by atoms with van der Waals surface area (Å²) in [5.74, 6) is 0. The van der Waals surface area contributed by atoms with Gasteiger partial charge in [-0.15, -0.1) is 0 Å². The second kappa shape index (κ2) is 43.6. The van der Waals surface area contributed by atoms with Gasteiger partial charge in [0.25, 0.3) is 12.5 Å². The zero-order chi connectivity index (χ0) is 18.3. The molecule has 0 aromatic heterocycles. The Hall–Kier alpha value is -2.82. The van der Waals surface area contributed by atoms with Gasteiger partial charge in [0.2, 0.25) is 18.9 Å². The molecule has 0 atom stereocenters. The van der Waals surface area contributed by atoms with Crippen LogP contribution in [0.5, 0.6) is 0 Å². The third kappa shape index (κ3) is 83.2. The maximum absolute atomic E-state index is 9.57. The van der Waals surface area contributed by atoms with Gasteiger partial charge in [-0.05, 0) is 0 Å². The van der Waals surface area contributed by atoms with E-state index in [2.05, 4.69) is 19.5 Å². The molecule has 0 aromatic rings. The number of nitriles is 2. The molecule has 0 heterocycles. The molecule has 0 rings (SSSR count). The Kier molecular flexibility index (Phi) is 71.0. The van der Waals surface area contributed by atoms with Crippen LogP contribution in [0.2, 0.25) is 0 Å². The summed E-state index contributed by atoms with van der Waals surface area (Å²) in [6.45, 7) is -0.731. The Labute approximate surface area is 180 Å². The van der Waals surface area contributed by atoms with Crippen molar-refractivity contribution in [1.29, 1.82) is 10.5 Å².